The highest BCUT2D eigenvalue weighted by atomic mass is 15.2. The summed E-state index contributed by atoms with van der Waals surface area (Å²) < 4.78 is 0. The Balaban J connectivity index is 0.655. The lowest BCUT2D eigenvalue weighted by atomic mass is 9.57. The van der Waals surface area contributed by atoms with Crippen molar-refractivity contribution in [2.45, 2.75) is 91.8 Å². The van der Waals surface area contributed by atoms with Crippen LogP contribution in [0.25, 0.3) is 66.4 Å². The van der Waals surface area contributed by atoms with E-state index in [1.54, 1.807) is 0 Å². The number of hydrogen-bond acceptors (Lipinski definition) is 2. The van der Waals surface area contributed by atoms with Crippen LogP contribution < -0.4 is 9.80 Å². The normalized spacial score (nSPS) is 17.8. The standard InChI is InChI=1S/C97H74N2/c1-93(63-65-27-22-46-86-91(65)78-38-15-21-44-84(78)95(86)55-59-97(60-56-95)83-43-20-13-35-73(83)75-51-49-68(61-87(75)97)98(66-28-4-2-5-29-66)89-47-23-26-64-25-8-9-32-70(64)89)79-39-16-14-37-77(79)92-85(93)45-24-48-90(92)99(67-30-6-3-7-31-67)69-50-52-76-74-36-12-19-42-82(74)96(88(76)62-69)57-53-94(54-58-96)80-40-17-10-33-71(80)72-34-11-18-41-81(72)94/h2-52,61-62H,53-60,63H2,1H3. The summed E-state index contributed by atoms with van der Waals surface area (Å²) in [5.74, 6) is 0. The molecule has 99 heavy (non-hydrogen) atoms. The number of hydrogen-bond donors (Lipinski definition) is 0. The fraction of sp³-hybridized carbons (Fsp3) is 0.155. The molecule has 1 atom stereocenters. The van der Waals surface area contributed by atoms with Crippen LogP contribution in [0.2, 0.25) is 0 Å². The third-order valence-corrected chi connectivity index (χ3v) is 25.7. The molecule has 0 saturated heterocycles. The van der Waals surface area contributed by atoms with Gasteiger partial charge in [0.15, 0.2) is 0 Å². The summed E-state index contributed by atoms with van der Waals surface area (Å²) in [6.07, 6.45) is 9.49. The molecule has 2 nitrogen and oxygen atoms in total. The smallest absolute Gasteiger partial charge is 0.0543 e. The van der Waals surface area contributed by atoms with Crippen LogP contribution in [0.5, 0.6) is 0 Å². The minimum Gasteiger partial charge on any atom is -0.310 e. The van der Waals surface area contributed by atoms with Gasteiger partial charge in [0.1, 0.15) is 0 Å². The van der Waals surface area contributed by atoms with E-state index in [0.717, 1.165) is 63.5 Å². The molecule has 0 bridgehead atoms. The summed E-state index contributed by atoms with van der Waals surface area (Å²) in [7, 11) is 0. The maximum Gasteiger partial charge on any atom is 0.0543 e. The van der Waals surface area contributed by atoms with Crippen LogP contribution in [-0.2, 0) is 33.5 Å². The second-order valence-corrected chi connectivity index (χ2v) is 30.0. The molecule has 7 aliphatic rings. The van der Waals surface area contributed by atoms with Crippen LogP contribution in [0.15, 0.2) is 322 Å². The maximum atomic E-state index is 2.62. The molecule has 7 aliphatic carbocycles. The summed E-state index contributed by atoms with van der Waals surface area (Å²) >= 11 is 0. The van der Waals surface area contributed by atoms with Gasteiger partial charge < -0.3 is 9.80 Å². The van der Waals surface area contributed by atoms with Gasteiger partial charge in [-0.15, -0.1) is 0 Å². The monoisotopic (exact) mass is 1270 g/mol. The van der Waals surface area contributed by atoms with Crippen molar-refractivity contribution in [3.8, 4) is 55.6 Å². The molecule has 2 saturated carbocycles. The summed E-state index contributed by atoms with van der Waals surface area (Å²) in [6, 6.07) is 124. The molecule has 1 unspecified atom stereocenters. The Morgan fingerprint density at radius 3 is 1.11 bits per heavy atom. The second-order valence-electron chi connectivity index (χ2n) is 30.0. The van der Waals surface area contributed by atoms with Crippen LogP contribution in [0, 0.1) is 0 Å². The van der Waals surface area contributed by atoms with Crippen LogP contribution in [-0.4, -0.2) is 0 Å². The molecule has 0 aromatic heterocycles. The zero-order chi connectivity index (χ0) is 65.2. The molecule has 0 heterocycles. The zero-order valence-electron chi connectivity index (χ0n) is 55.9. The van der Waals surface area contributed by atoms with Gasteiger partial charge in [0, 0.05) is 60.8 Å². The number of benzene rings is 14. The van der Waals surface area contributed by atoms with Crippen molar-refractivity contribution < 1.29 is 0 Å². The Labute approximate surface area is 581 Å². The Morgan fingerprint density at radius 1 is 0.242 bits per heavy atom. The first kappa shape index (κ1) is 57.1. The Morgan fingerprint density at radius 2 is 0.586 bits per heavy atom. The molecule has 0 N–H and O–H groups in total. The van der Waals surface area contributed by atoms with Crippen molar-refractivity contribution in [2.75, 3.05) is 9.80 Å². The van der Waals surface area contributed by atoms with Crippen molar-refractivity contribution in [3.05, 3.63) is 383 Å². The molecule has 4 spiro atoms. The average molecular weight is 1270 g/mol. The molecular formula is C97H74N2. The lowest BCUT2D eigenvalue weighted by Gasteiger charge is -2.46. The second kappa shape index (κ2) is 21.2. The number of rotatable bonds is 8. The number of fused-ring (bicyclic) bond motifs is 24. The largest absolute Gasteiger partial charge is 0.310 e. The van der Waals surface area contributed by atoms with Crippen LogP contribution >= 0.6 is 0 Å². The zero-order valence-corrected chi connectivity index (χ0v) is 55.9. The highest BCUT2D eigenvalue weighted by molar-refractivity contribution is 6.01. The van der Waals surface area contributed by atoms with Crippen molar-refractivity contribution >= 4 is 44.9 Å². The van der Waals surface area contributed by atoms with Gasteiger partial charge in [0.05, 0.1) is 11.4 Å². The Kier molecular flexibility index (Phi) is 12.2. The van der Waals surface area contributed by atoms with Gasteiger partial charge >= 0.3 is 0 Å². The van der Waals surface area contributed by atoms with E-state index in [4.69, 9.17) is 0 Å². The summed E-state index contributed by atoms with van der Waals surface area (Å²) in [4.78, 5) is 5.10. The van der Waals surface area contributed by atoms with E-state index in [9.17, 15) is 0 Å². The summed E-state index contributed by atoms with van der Waals surface area (Å²) in [5, 5.41) is 2.49. The first-order chi connectivity index (χ1) is 48.9. The fourth-order valence-electron chi connectivity index (χ4n) is 21.5. The van der Waals surface area contributed by atoms with Gasteiger partial charge in [-0.2, -0.15) is 0 Å². The third kappa shape index (κ3) is 7.84. The van der Waals surface area contributed by atoms with Gasteiger partial charge in [-0.05, 0) is 235 Å². The van der Waals surface area contributed by atoms with E-state index in [1.165, 1.54) is 156 Å². The summed E-state index contributed by atoms with van der Waals surface area (Å²) in [5.41, 5.74) is 36.6. The lowest BCUT2D eigenvalue weighted by Crippen LogP contribution is -2.39. The first-order valence-electron chi connectivity index (χ1n) is 36.2. The topological polar surface area (TPSA) is 6.48 Å². The van der Waals surface area contributed by atoms with Crippen LogP contribution in [0.4, 0.5) is 34.1 Å². The van der Waals surface area contributed by atoms with E-state index in [1.807, 2.05) is 0 Å². The minimum atomic E-state index is -0.339. The molecule has 2 fully saturated rings. The highest BCUT2D eigenvalue weighted by Gasteiger charge is 2.56. The number of nitrogens with zero attached hydrogens (tertiary/aromatic N) is 2. The predicted molar refractivity (Wildman–Crippen MR) is 410 cm³/mol. The fourth-order valence-corrected chi connectivity index (χ4v) is 21.5. The minimum absolute atomic E-state index is 0.00695. The molecule has 21 rings (SSSR count). The SMILES string of the molecule is CC1(Cc2cccc3c2-c2ccccc2C32CCC3(CC2)c2ccccc2-c2ccc(N(c4ccccc4)c4cccc5ccccc45)cc23)c2ccccc2-c2c(N(c3ccccc3)c3ccc4c(c3)C3(CCC5(CC3)c3ccccc3-c3ccccc35)c3ccccc3-4)cccc21. The molecule has 2 heteroatoms. The molecule has 0 amide bonds. The average Bonchev–Trinajstić information content (AvgIpc) is 1.55. The third-order valence-electron chi connectivity index (χ3n) is 25.7. The number of para-hydroxylation sites is 2. The van der Waals surface area contributed by atoms with Crippen LogP contribution in [0.3, 0.4) is 0 Å². The van der Waals surface area contributed by atoms with E-state index in [-0.39, 0.29) is 27.1 Å². The van der Waals surface area contributed by atoms with Crippen molar-refractivity contribution in [1.82, 2.24) is 0 Å². The maximum absolute atomic E-state index is 2.62. The van der Waals surface area contributed by atoms with Crippen molar-refractivity contribution in [2.24, 2.45) is 0 Å². The first-order valence-corrected chi connectivity index (χ1v) is 36.2. The number of anilines is 6. The van der Waals surface area contributed by atoms with E-state index >= 15 is 0 Å². The molecule has 0 radical (unpaired) electrons. The lowest BCUT2D eigenvalue weighted by molar-refractivity contribution is 0.265. The molecule has 14 aromatic rings. The molecule has 0 aliphatic heterocycles. The Bertz CT molecular complexity index is 5610. The van der Waals surface area contributed by atoms with E-state index < -0.39 is 0 Å². The van der Waals surface area contributed by atoms with E-state index in [0.29, 0.717) is 0 Å². The van der Waals surface area contributed by atoms with Gasteiger partial charge in [0.25, 0.3) is 0 Å². The highest BCUT2D eigenvalue weighted by Crippen LogP contribution is 2.68. The molecular weight excluding hydrogens is 1190 g/mol. The van der Waals surface area contributed by atoms with Gasteiger partial charge in [-0.3, -0.25) is 0 Å². The Hall–Kier alpha value is -11.1. The quantitative estimate of drug-likeness (QED) is 0.150. The predicted octanol–water partition coefficient (Wildman–Crippen LogP) is 24.9. The van der Waals surface area contributed by atoms with Gasteiger partial charge in [0.2, 0.25) is 0 Å². The van der Waals surface area contributed by atoms with Crippen LogP contribution in [0.1, 0.15) is 119 Å². The van der Waals surface area contributed by atoms with Gasteiger partial charge in [-0.1, -0.05) is 268 Å². The van der Waals surface area contributed by atoms with Crippen molar-refractivity contribution in [3.63, 3.8) is 0 Å². The van der Waals surface area contributed by atoms with Gasteiger partial charge in [-0.25, -0.2) is 0 Å². The summed E-state index contributed by atoms with van der Waals surface area (Å²) in [6.45, 7) is 2.56. The molecule has 14 aromatic carbocycles. The molecule has 472 valence electrons. The van der Waals surface area contributed by atoms with Crippen molar-refractivity contribution in [1.29, 1.82) is 0 Å². The van der Waals surface area contributed by atoms with E-state index in [2.05, 4.69) is 338 Å².